The van der Waals surface area contributed by atoms with Crippen molar-refractivity contribution < 1.29 is 9.90 Å². The number of hydrogen-bond donors (Lipinski definition) is 3. The zero-order valence-electron chi connectivity index (χ0n) is 16.0. The SMILES string of the molecule is Cc1cc(N2CCCCC2C)ccc1NC(=O)NCC(C)CC(C)O. The van der Waals surface area contributed by atoms with Gasteiger partial charge in [-0.25, -0.2) is 4.79 Å². The zero-order valence-corrected chi connectivity index (χ0v) is 16.0. The molecule has 3 unspecified atom stereocenters. The molecule has 1 aromatic rings. The summed E-state index contributed by atoms with van der Waals surface area (Å²) in [5.74, 6) is 0.245. The standard InChI is InChI=1S/C20H33N3O2/c1-14(11-17(4)24)13-21-20(25)22-19-9-8-18(12-15(19)2)23-10-6-5-7-16(23)3/h8-9,12,14,16-17,24H,5-7,10-11,13H2,1-4H3,(H2,21,22,25). The minimum absolute atomic E-state index is 0.195. The lowest BCUT2D eigenvalue weighted by molar-refractivity contribution is 0.163. The molecule has 140 valence electrons. The van der Waals surface area contributed by atoms with Crippen molar-refractivity contribution in [3.8, 4) is 0 Å². The van der Waals surface area contributed by atoms with Crippen LogP contribution in [0.3, 0.4) is 0 Å². The molecule has 5 heteroatoms. The van der Waals surface area contributed by atoms with E-state index < -0.39 is 0 Å². The van der Waals surface area contributed by atoms with E-state index in [1.54, 1.807) is 6.92 Å². The highest BCUT2D eigenvalue weighted by Gasteiger charge is 2.19. The summed E-state index contributed by atoms with van der Waals surface area (Å²) in [6.45, 7) is 9.76. The van der Waals surface area contributed by atoms with Crippen LogP contribution in [0.25, 0.3) is 0 Å². The number of nitrogens with zero attached hydrogens (tertiary/aromatic N) is 1. The molecule has 1 heterocycles. The average Bonchev–Trinajstić information content (AvgIpc) is 2.55. The Kier molecular flexibility index (Phi) is 7.12. The number of hydrogen-bond acceptors (Lipinski definition) is 3. The minimum atomic E-state index is -0.341. The third kappa shape index (κ3) is 5.92. The van der Waals surface area contributed by atoms with E-state index in [0.717, 1.165) is 17.8 Å². The van der Waals surface area contributed by atoms with Crippen molar-refractivity contribution >= 4 is 17.4 Å². The third-order valence-electron chi connectivity index (χ3n) is 4.95. The number of urea groups is 1. The molecule has 1 aromatic carbocycles. The Balaban J connectivity index is 1.91. The number of carbonyl (C=O) groups excluding carboxylic acids is 1. The fraction of sp³-hybridized carbons (Fsp3) is 0.650. The lowest BCUT2D eigenvalue weighted by Gasteiger charge is -2.35. The Labute approximate surface area is 151 Å². The van der Waals surface area contributed by atoms with Crippen LogP contribution in [0.4, 0.5) is 16.2 Å². The van der Waals surface area contributed by atoms with Crippen molar-refractivity contribution in [3.05, 3.63) is 23.8 Å². The van der Waals surface area contributed by atoms with Gasteiger partial charge in [0.2, 0.25) is 0 Å². The first-order valence-electron chi connectivity index (χ1n) is 9.47. The second-order valence-corrected chi connectivity index (χ2v) is 7.56. The van der Waals surface area contributed by atoms with Crippen LogP contribution in [-0.2, 0) is 0 Å². The van der Waals surface area contributed by atoms with Crippen molar-refractivity contribution in [2.75, 3.05) is 23.3 Å². The number of carbonyl (C=O) groups is 1. The van der Waals surface area contributed by atoms with Gasteiger partial charge in [0, 0.05) is 30.5 Å². The number of anilines is 2. The maximum atomic E-state index is 12.1. The van der Waals surface area contributed by atoms with E-state index in [0.29, 0.717) is 19.0 Å². The van der Waals surface area contributed by atoms with Gasteiger partial charge in [-0.05, 0) is 76.1 Å². The van der Waals surface area contributed by atoms with Crippen molar-refractivity contribution in [1.29, 1.82) is 0 Å². The van der Waals surface area contributed by atoms with Crippen LogP contribution in [0.2, 0.25) is 0 Å². The van der Waals surface area contributed by atoms with E-state index in [9.17, 15) is 9.90 Å². The van der Waals surface area contributed by atoms with E-state index in [2.05, 4.69) is 34.6 Å². The molecule has 1 aliphatic heterocycles. The molecular formula is C20H33N3O2. The van der Waals surface area contributed by atoms with Crippen molar-refractivity contribution in [2.24, 2.45) is 5.92 Å². The second kappa shape index (κ2) is 9.09. The number of amides is 2. The van der Waals surface area contributed by atoms with E-state index >= 15 is 0 Å². The Hall–Kier alpha value is -1.75. The van der Waals surface area contributed by atoms with Crippen LogP contribution >= 0.6 is 0 Å². The highest BCUT2D eigenvalue weighted by Crippen LogP contribution is 2.28. The average molecular weight is 348 g/mol. The first-order valence-corrected chi connectivity index (χ1v) is 9.47. The van der Waals surface area contributed by atoms with Gasteiger partial charge in [-0.3, -0.25) is 0 Å². The van der Waals surface area contributed by atoms with E-state index in [1.165, 1.54) is 24.9 Å². The summed E-state index contributed by atoms with van der Waals surface area (Å²) >= 11 is 0. The highest BCUT2D eigenvalue weighted by molar-refractivity contribution is 5.90. The number of aliphatic hydroxyl groups excluding tert-OH is 1. The number of nitrogens with one attached hydrogen (secondary N) is 2. The van der Waals surface area contributed by atoms with E-state index in [-0.39, 0.29) is 18.1 Å². The monoisotopic (exact) mass is 347 g/mol. The molecule has 5 nitrogen and oxygen atoms in total. The molecule has 0 saturated carbocycles. The van der Waals surface area contributed by atoms with Crippen LogP contribution in [-0.4, -0.2) is 36.4 Å². The summed E-state index contributed by atoms with van der Waals surface area (Å²) in [5, 5.41) is 15.2. The number of aliphatic hydroxyl groups is 1. The molecule has 1 aliphatic rings. The van der Waals surface area contributed by atoms with Crippen LogP contribution in [0.15, 0.2) is 18.2 Å². The van der Waals surface area contributed by atoms with Gasteiger partial charge in [0.15, 0.2) is 0 Å². The minimum Gasteiger partial charge on any atom is -0.393 e. The Bertz CT molecular complexity index is 574. The maximum absolute atomic E-state index is 12.1. The van der Waals surface area contributed by atoms with E-state index in [4.69, 9.17) is 0 Å². The fourth-order valence-corrected chi connectivity index (χ4v) is 3.55. The maximum Gasteiger partial charge on any atom is 0.319 e. The lowest BCUT2D eigenvalue weighted by atomic mass is 10.0. The Morgan fingerprint density at radius 3 is 2.76 bits per heavy atom. The van der Waals surface area contributed by atoms with Gasteiger partial charge in [0.05, 0.1) is 6.10 Å². The number of rotatable bonds is 6. The molecule has 2 rings (SSSR count). The molecule has 0 radical (unpaired) electrons. The molecule has 0 spiro atoms. The van der Waals surface area contributed by atoms with Gasteiger partial charge >= 0.3 is 6.03 Å². The molecule has 3 atom stereocenters. The van der Waals surface area contributed by atoms with Crippen LogP contribution < -0.4 is 15.5 Å². The molecule has 2 amide bonds. The molecular weight excluding hydrogens is 314 g/mol. The normalized spacial score (nSPS) is 20.0. The summed E-state index contributed by atoms with van der Waals surface area (Å²) in [4.78, 5) is 14.6. The summed E-state index contributed by atoms with van der Waals surface area (Å²) < 4.78 is 0. The topological polar surface area (TPSA) is 64.6 Å². The van der Waals surface area contributed by atoms with Gasteiger partial charge in [0.25, 0.3) is 0 Å². The summed E-state index contributed by atoms with van der Waals surface area (Å²) in [5.41, 5.74) is 3.15. The van der Waals surface area contributed by atoms with Crippen LogP contribution in [0.5, 0.6) is 0 Å². The zero-order chi connectivity index (χ0) is 18.4. The molecule has 3 N–H and O–H groups in total. The third-order valence-corrected chi connectivity index (χ3v) is 4.95. The molecule has 0 bridgehead atoms. The molecule has 25 heavy (non-hydrogen) atoms. The summed E-state index contributed by atoms with van der Waals surface area (Å²) in [6.07, 6.45) is 4.14. The van der Waals surface area contributed by atoms with Crippen molar-refractivity contribution in [2.45, 2.75) is 65.5 Å². The molecule has 0 aromatic heterocycles. The Morgan fingerprint density at radius 1 is 1.36 bits per heavy atom. The number of aryl methyl sites for hydroxylation is 1. The van der Waals surface area contributed by atoms with Gasteiger partial charge in [-0.2, -0.15) is 0 Å². The second-order valence-electron chi connectivity index (χ2n) is 7.56. The van der Waals surface area contributed by atoms with Gasteiger partial charge in [-0.15, -0.1) is 0 Å². The quantitative estimate of drug-likeness (QED) is 0.731. The fourth-order valence-electron chi connectivity index (χ4n) is 3.55. The largest absolute Gasteiger partial charge is 0.393 e. The molecule has 1 saturated heterocycles. The van der Waals surface area contributed by atoms with Crippen LogP contribution in [0.1, 0.15) is 52.0 Å². The summed E-state index contributed by atoms with van der Waals surface area (Å²) in [6, 6.07) is 6.63. The smallest absolute Gasteiger partial charge is 0.319 e. The van der Waals surface area contributed by atoms with Gasteiger partial charge in [-0.1, -0.05) is 6.92 Å². The molecule has 1 fully saturated rings. The van der Waals surface area contributed by atoms with Gasteiger partial charge in [0.1, 0.15) is 0 Å². The van der Waals surface area contributed by atoms with Crippen molar-refractivity contribution in [1.82, 2.24) is 5.32 Å². The van der Waals surface area contributed by atoms with Crippen LogP contribution in [0, 0.1) is 12.8 Å². The van der Waals surface area contributed by atoms with E-state index in [1.807, 2.05) is 19.9 Å². The van der Waals surface area contributed by atoms with Gasteiger partial charge < -0.3 is 20.6 Å². The highest BCUT2D eigenvalue weighted by atomic mass is 16.3. The predicted octanol–water partition coefficient (Wildman–Crippen LogP) is 3.90. The number of benzene rings is 1. The number of piperidine rings is 1. The Morgan fingerprint density at radius 2 is 2.12 bits per heavy atom. The first-order chi connectivity index (χ1) is 11.9. The predicted molar refractivity (Wildman–Crippen MR) is 104 cm³/mol. The molecule has 0 aliphatic carbocycles. The lowest BCUT2D eigenvalue weighted by Crippen LogP contribution is -2.37. The summed E-state index contributed by atoms with van der Waals surface area (Å²) in [7, 11) is 0. The van der Waals surface area contributed by atoms with Crippen molar-refractivity contribution in [3.63, 3.8) is 0 Å². The first kappa shape index (κ1) is 19.6.